The SMILES string of the molecule is CC(=O)NC1CCCN(C(=O)C2CNCC2C)C1. The molecule has 2 N–H and O–H groups in total. The maximum Gasteiger partial charge on any atom is 0.227 e. The molecular weight excluding hydrogens is 230 g/mol. The normalized spacial score (nSPS) is 32.3. The Morgan fingerprint density at radius 2 is 2.11 bits per heavy atom. The van der Waals surface area contributed by atoms with Crippen molar-refractivity contribution >= 4 is 11.8 Å². The van der Waals surface area contributed by atoms with Crippen LogP contribution in [-0.4, -0.2) is 48.9 Å². The summed E-state index contributed by atoms with van der Waals surface area (Å²) < 4.78 is 0. The lowest BCUT2D eigenvalue weighted by Crippen LogP contribution is -2.51. The molecule has 0 aliphatic carbocycles. The van der Waals surface area contributed by atoms with E-state index >= 15 is 0 Å². The number of piperidine rings is 1. The van der Waals surface area contributed by atoms with Gasteiger partial charge < -0.3 is 15.5 Å². The van der Waals surface area contributed by atoms with Crippen molar-refractivity contribution in [2.45, 2.75) is 32.7 Å². The summed E-state index contributed by atoms with van der Waals surface area (Å²) in [7, 11) is 0. The molecule has 5 nitrogen and oxygen atoms in total. The van der Waals surface area contributed by atoms with Gasteiger partial charge in [-0.2, -0.15) is 0 Å². The zero-order chi connectivity index (χ0) is 13.1. The summed E-state index contributed by atoms with van der Waals surface area (Å²) in [5, 5.41) is 6.19. The molecule has 3 atom stereocenters. The summed E-state index contributed by atoms with van der Waals surface area (Å²) >= 11 is 0. The molecule has 0 spiro atoms. The number of hydrogen-bond acceptors (Lipinski definition) is 3. The van der Waals surface area contributed by atoms with Crippen molar-refractivity contribution in [3.63, 3.8) is 0 Å². The average Bonchev–Trinajstić information content (AvgIpc) is 2.74. The first-order valence-electron chi connectivity index (χ1n) is 6.84. The number of nitrogens with zero attached hydrogens (tertiary/aromatic N) is 1. The first kappa shape index (κ1) is 13.3. The standard InChI is InChI=1S/C13H23N3O2/c1-9-6-14-7-12(9)13(18)16-5-3-4-11(8-16)15-10(2)17/h9,11-12,14H,3-8H2,1-2H3,(H,15,17). The Kier molecular flexibility index (Phi) is 4.22. The molecule has 0 bridgehead atoms. The third-order valence-electron chi connectivity index (χ3n) is 3.98. The Morgan fingerprint density at radius 3 is 2.72 bits per heavy atom. The maximum atomic E-state index is 12.4. The highest BCUT2D eigenvalue weighted by molar-refractivity contribution is 5.80. The van der Waals surface area contributed by atoms with Crippen LogP contribution in [0.2, 0.25) is 0 Å². The van der Waals surface area contributed by atoms with Crippen LogP contribution in [-0.2, 0) is 9.59 Å². The molecule has 102 valence electrons. The van der Waals surface area contributed by atoms with Gasteiger partial charge in [0.1, 0.15) is 0 Å². The molecule has 2 heterocycles. The molecule has 2 aliphatic heterocycles. The molecule has 0 aromatic rings. The van der Waals surface area contributed by atoms with E-state index in [1.54, 1.807) is 0 Å². The van der Waals surface area contributed by atoms with Crippen LogP contribution in [0.1, 0.15) is 26.7 Å². The van der Waals surface area contributed by atoms with Gasteiger partial charge in [-0.05, 0) is 25.3 Å². The van der Waals surface area contributed by atoms with Gasteiger partial charge in [0.2, 0.25) is 11.8 Å². The van der Waals surface area contributed by atoms with Crippen LogP contribution in [0.3, 0.4) is 0 Å². The molecule has 18 heavy (non-hydrogen) atoms. The Labute approximate surface area is 108 Å². The monoisotopic (exact) mass is 253 g/mol. The first-order chi connectivity index (χ1) is 8.58. The minimum Gasteiger partial charge on any atom is -0.352 e. The van der Waals surface area contributed by atoms with E-state index in [0.717, 1.165) is 32.5 Å². The van der Waals surface area contributed by atoms with Crippen LogP contribution >= 0.6 is 0 Å². The summed E-state index contributed by atoms with van der Waals surface area (Å²) in [6.07, 6.45) is 1.95. The quantitative estimate of drug-likeness (QED) is 0.726. The van der Waals surface area contributed by atoms with E-state index in [9.17, 15) is 9.59 Å². The van der Waals surface area contributed by atoms with Gasteiger partial charge in [0, 0.05) is 32.6 Å². The number of nitrogens with one attached hydrogen (secondary N) is 2. The topological polar surface area (TPSA) is 61.4 Å². The van der Waals surface area contributed by atoms with Crippen molar-refractivity contribution in [3.8, 4) is 0 Å². The zero-order valence-electron chi connectivity index (χ0n) is 11.2. The van der Waals surface area contributed by atoms with Crippen LogP contribution in [0.4, 0.5) is 0 Å². The fourth-order valence-corrected chi connectivity index (χ4v) is 2.96. The van der Waals surface area contributed by atoms with Crippen LogP contribution in [0, 0.1) is 11.8 Å². The van der Waals surface area contributed by atoms with E-state index in [-0.39, 0.29) is 23.8 Å². The Hall–Kier alpha value is -1.10. The van der Waals surface area contributed by atoms with E-state index in [2.05, 4.69) is 17.6 Å². The number of carbonyl (C=O) groups excluding carboxylic acids is 2. The molecule has 0 aromatic carbocycles. The lowest BCUT2D eigenvalue weighted by molar-refractivity contribution is -0.138. The van der Waals surface area contributed by atoms with E-state index in [0.29, 0.717) is 12.5 Å². The molecular formula is C13H23N3O2. The third-order valence-corrected chi connectivity index (χ3v) is 3.98. The summed E-state index contributed by atoms with van der Waals surface area (Å²) in [4.78, 5) is 25.4. The third kappa shape index (κ3) is 3.02. The fraction of sp³-hybridized carbons (Fsp3) is 0.846. The molecule has 2 saturated heterocycles. The van der Waals surface area contributed by atoms with Crippen LogP contribution in [0.15, 0.2) is 0 Å². The van der Waals surface area contributed by atoms with Crippen molar-refractivity contribution in [3.05, 3.63) is 0 Å². The second-order valence-electron chi connectivity index (χ2n) is 5.57. The van der Waals surface area contributed by atoms with Crippen LogP contribution in [0.25, 0.3) is 0 Å². The predicted octanol–water partition coefficient (Wildman–Crippen LogP) is -0.0310. The minimum atomic E-state index is -0.00907. The van der Waals surface area contributed by atoms with Crippen molar-refractivity contribution in [2.75, 3.05) is 26.2 Å². The van der Waals surface area contributed by atoms with Gasteiger partial charge in [-0.1, -0.05) is 6.92 Å². The molecule has 2 fully saturated rings. The largest absolute Gasteiger partial charge is 0.352 e. The van der Waals surface area contributed by atoms with E-state index in [1.807, 2.05) is 4.90 Å². The molecule has 2 aliphatic rings. The molecule has 3 unspecified atom stereocenters. The molecule has 2 amide bonds. The maximum absolute atomic E-state index is 12.4. The Bertz CT molecular complexity index is 332. The van der Waals surface area contributed by atoms with Gasteiger partial charge in [-0.25, -0.2) is 0 Å². The smallest absolute Gasteiger partial charge is 0.227 e. The van der Waals surface area contributed by atoms with Gasteiger partial charge >= 0.3 is 0 Å². The predicted molar refractivity (Wildman–Crippen MR) is 68.9 cm³/mol. The highest BCUT2D eigenvalue weighted by Gasteiger charge is 2.34. The first-order valence-corrected chi connectivity index (χ1v) is 6.84. The van der Waals surface area contributed by atoms with E-state index in [1.165, 1.54) is 6.92 Å². The zero-order valence-corrected chi connectivity index (χ0v) is 11.2. The lowest BCUT2D eigenvalue weighted by atomic mass is 9.95. The Morgan fingerprint density at radius 1 is 1.33 bits per heavy atom. The summed E-state index contributed by atoms with van der Waals surface area (Å²) in [5.74, 6) is 0.771. The van der Waals surface area contributed by atoms with E-state index < -0.39 is 0 Å². The number of likely N-dealkylation sites (tertiary alicyclic amines) is 1. The van der Waals surface area contributed by atoms with Gasteiger partial charge in [0.05, 0.1) is 5.92 Å². The van der Waals surface area contributed by atoms with Crippen LogP contribution in [0.5, 0.6) is 0 Å². The molecule has 0 aromatic heterocycles. The number of rotatable bonds is 2. The fourth-order valence-electron chi connectivity index (χ4n) is 2.96. The molecule has 0 radical (unpaired) electrons. The highest BCUT2D eigenvalue weighted by Crippen LogP contribution is 2.21. The number of amides is 2. The highest BCUT2D eigenvalue weighted by atomic mass is 16.2. The van der Waals surface area contributed by atoms with Gasteiger partial charge in [0.15, 0.2) is 0 Å². The Balaban J connectivity index is 1.91. The molecule has 5 heteroatoms. The average molecular weight is 253 g/mol. The summed E-state index contributed by atoms with van der Waals surface area (Å²) in [5.41, 5.74) is 0. The minimum absolute atomic E-state index is 0.00907. The lowest BCUT2D eigenvalue weighted by Gasteiger charge is -2.35. The second-order valence-corrected chi connectivity index (χ2v) is 5.57. The molecule has 2 rings (SSSR count). The van der Waals surface area contributed by atoms with Gasteiger partial charge in [-0.15, -0.1) is 0 Å². The van der Waals surface area contributed by atoms with Crippen molar-refractivity contribution in [1.82, 2.24) is 15.5 Å². The van der Waals surface area contributed by atoms with Crippen molar-refractivity contribution < 1.29 is 9.59 Å². The van der Waals surface area contributed by atoms with Crippen LogP contribution < -0.4 is 10.6 Å². The second kappa shape index (κ2) is 5.69. The number of carbonyl (C=O) groups is 2. The van der Waals surface area contributed by atoms with Crippen molar-refractivity contribution in [2.24, 2.45) is 11.8 Å². The summed E-state index contributed by atoms with van der Waals surface area (Å²) in [6.45, 7) is 6.88. The van der Waals surface area contributed by atoms with Crippen molar-refractivity contribution in [1.29, 1.82) is 0 Å². The number of hydrogen-bond donors (Lipinski definition) is 2. The van der Waals surface area contributed by atoms with E-state index in [4.69, 9.17) is 0 Å². The molecule has 0 saturated carbocycles. The summed E-state index contributed by atoms with van der Waals surface area (Å²) in [6, 6.07) is 0.130. The van der Waals surface area contributed by atoms with Gasteiger partial charge in [-0.3, -0.25) is 9.59 Å². The van der Waals surface area contributed by atoms with Gasteiger partial charge in [0.25, 0.3) is 0 Å².